The molecular weight excluding hydrogens is 348 g/mol. The van der Waals surface area contributed by atoms with Crippen molar-refractivity contribution in [3.63, 3.8) is 0 Å². The summed E-state index contributed by atoms with van der Waals surface area (Å²) in [5.74, 6) is 0.881. The molecule has 0 radical (unpaired) electrons. The molecule has 0 unspecified atom stereocenters. The molecule has 2 aromatic rings. The Morgan fingerprint density at radius 2 is 1.61 bits per heavy atom. The molecule has 0 N–H and O–H groups in total. The molecule has 3 rings (SSSR count). The second-order valence-electron chi connectivity index (χ2n) is 8.00. The average Bonchev–Trinajstić information content (AvgIpc) is 2.67. The van der Waals surface area contributed by atoms with Gasteiger partial charge < -0.3 is 14.5 Å². The third-order valence-electron chi connectivity index (χ3n) is 5.92. The lowest BCUT2D eigenvalue weighted by atomic mass is 10.1. The maximum atomic E-state index is 12.9. The number of hydrogen-bond donors (Lipinski definition) is 0. The lowest BCUT2D eigenvalue weighted by molar-refractivity contribution is -0.138. The van der Waals surface area contributed by atoms with Gasteiger partial charge in [0.15, 0.2) is 6.10 Å². The van der Waals surface area contributed by atoms with Gasteiger partial charge in [-0.3, -0.25) is 4.79 Å². The number of benzene rings is 2. The van der Waals surface area contributed by atoms with Crippen molar-refractivity contribution in [3.8, 4) is 5.75 Å². The van der Waals surface area contributed by atoms with Gasteiger partial charge in [0.1, 0.15) is 5.75 Å². The minimum Gasteiger partial charge on any atom is -0.481 e. The SMILES string of the molecule is Cc1cc(C)c(C)c(O[C@@H](C)C(=O)N2CCN(c3cccc(C)c3C)CC2)c1. The summed E-state index contributed by atoms with van der Waals surface area (Å²) < 4.78 is 6.06. The van der Waals surface area contributed by atoms with Gasteiger partial charge >= 0.3 is 0 Å². The van der Waals surface area contributed by atoms with Crippen LogP contribution in [-0.4, -0.2) is 43.1 Å². The quantitative estimate of drug-likeness (QED) is 0.791. The van der Waals surface area contributed by atoms with Crippen molar-refractivity contribution >= 4 is 11.6 Å². The minimum absolute atomic E-state index is 0.0687. The fraction of sp³-hybridized carbons (Fsp3) is 0.458. The Bertz CT molecular complexity index is 867. The number of nitrogens with zero attached hydrogens (tertiary/aromatic N) is 2. The van der Waals surface area contributed by atoms with Crippen molar-refractivity contribution in [2.24, 2.45) is 0 Å². The molecule has 4 heteroatoms. The van der Waals surface area contributed by atoms with E-state index in [9.17, 15) is 4.79 Å². The van der Waals surface area contributed by atoms with Gasteiger partial charge in [0.2, 0.25) is 0 Å². The van der Waals surface area contributed by atoms with Crippen LogP contribution in [0.5, 0.6) is 5.75 Å². The first-order valence-electron chi connectivity index (χ1n) is 10.1. The Labute approximate surface area is 169 Å². The summed E-state index contributed by atoms with van der Waals surface area (Å²) in [5, 5.41) is 0. The van der Waals surface area contributed by atoms with E-state index < -0.39 is 6.10 Å². The Balaban J connectivity index is 1.63. The molecule has 0 aromatic heterocycles. The smallest absolute Gasteiger partial charge is 0.263 e. The normalized spacial score (nSPS) is 15.5. The van der Waals surface area contributed by atoms with Gasteiger partial charge in [-0.05, 0) is 81.5 Å². The highest BCUT2D eigenvalue weighted by Crippen LogP contribution is 2.26. The molecule has 0 bridgehead atoms. The summed E-state index contributed by atoms with van der Waals surface area (Å²) in [6.45, 7) is 15.5. The van der Waals surface area contributed by atoms with E-state index in [2.05, 4.69) is 56.9 Å². The van der Waals surface area contributed by atoms with Gasteiger partial charge in [-0.2, -0.15) is 0 Å². The van der Waals surface area contributed by atoms with Crippen molar-refractivity contribution in [1.29, 1.82) is 0 Å². The first-order chi connectivity index (χ1) is 13.3. The molecule has 2 aromatic carbocycles. The highest BCUT2D eigenvalue weighted by atomic mass is 16.5. The van der Waals surface area contributed by atoms with Crippen LogP contribution in [0.15, 0.2) is 30.3 Å². The number of aryl methyl sites for hydroxylation is 3. The number of piperazine rings is 1. The molecule has 28 heavy (non-hydrogen) atoms. The molecule has 0 saturated carbocycles. The molecule has 1 aliphatic rings. The number of rotatable bonds is 4. The number of amides is 1. The highest BCUT2D eigenvalue weighted by molar-refractivity contribution is 5.81. The zero-order valence-corrected chi connectivity index (χ0v) is 18.0. The minimum atomic E-state index is -0.479. The predicted molar refractivity (Wildman–Crippen MR) is 115 cm³/mol. The van der Waals surface area contributed by atoms with Crippen LogP contribution in [0.25, 0.3) is 0 Å². The van der Waals surface area contributed by atoms with Crippen LogP contribution in [-0.2, 0) is 4.79 Å². The van der Waals surface area contributed by atoms with Crippen LogP contribution in [0.3, 0.4) is 0 Å². The molecule has 1 saturated heterocycles. The summed E-state index contributed by atoms with van der Waals surface area (Å²) >= 11 is 0. The molecule has 1 heterocycles. The standard InChI is InChI=1S/C24H32N2O2/c1-16-14-18(3)20(5)23(15-16)28-21(6)24(27)26-12-10-25(11-13-26)22-9-7-8-17(2)19(22)4/h7-9,14-15,21H,10-13H2,1-6H3/t21-/m0/s1. The van der Waals surface area contributed by atoms with Gasteiger partial charge in [-0.25, -0.2) is 0 Å². The fourth-order valence-corrected chi connectivity index (χ4v) is 3.87. The molecular formula is C24H32N2O2. The summed E-state index contributed by atoms with van der Waals surface area (Å²) in [5.41, 5.74) is 7.36. The first kappa shape index (κ1) is 20.2. The number of ether oxygens (including phenoxy) is 1. The Kier molecular flexibility index (Phi) is 5.97. The summed E-state index contributed by atoms with van der Waals surface area (Å²) in [6.07, 6.45) is -0.479. The molecule has 1 fully saturated rings. The second kappa shape index (κ2) is 8.26. The van der Waals surface area contributed by atoms with Crippen molar-refractivity contribution in [2.75, 3.05) is 31.1 Å². The number of anilines is 1. The Morgan fingerprint density at radius 3 is 2.29 bits per heavy atom. The van der Waals surface area contributed by atoms with E-state index in [4.69, 9.17) is 4.74 Å². The van der Waals surface area contributed by atoms with Gasteiger partial charge in [-0.1, -0.05) is 18.2 Å². The van der Waals surface area contributed by atoms with Gasteiger partial charge in [0.25, 0.3) is 5.91 Å². The highest BCUT2D eigenvalue weighted by Gasteiger charge is 2.27. The lowest BCUT2D eigenvalue weighted by Crippen LogP contribution is -2.52. The molecule has 1 aliphatic heterocycles. The van der Waals surface area contributed by atoms with E-state index in [1.54, 1.807) is 0 Å². The number of hydrogen-bond acceptors (Lipinski definition) is 3. The van der Waals surface area contributed by atoms with E-state index in [1.807, 2.05) is 24.8 Å². The molecule has 1 atom stereocenters. The largest absolute Gasteiger partial charge is 0.481 e. The molecule has 4 nitrogen and oxygen atoms in total. The molecule has 150 valence electrons. The zero-order valence-electron chi connectivity index (χ0n) is 18.0. The number of carbonyl (C=O) groups is 1. The second-order valence-corrected chi connectivity index (χ2v) is 8.00. The summed E-state index contributed by atoms with van der Waals surface area (Å²) in [6, 6.07) is 10.6. The van der Waals surface area contributed by atoms with E-state index in [0.717, 1.165) is 43.1 Å². The van der Waals surface area contributed by atoms with Crippen molar-refractivity contribution in [2.45, 2.75) is 47.6 Å². The van der Waals surface area contributed by atoms with Crippen LogP contribution < -0.4 is 9.64 Å². The van der Waals surface area contributed by atoms with Crippen LogP contribution in [0.1, 0.15) is 34.7 Å². The average molecular weight is 381 g/mol. The van der Waals surface area contributed by atoms with Crippen molar-refractivity contribution in [1.82, 2.24) is 4.90 Å². The van der Waals surface area contributed by atoms with Crippen LogP contribution in [0.2, 0.25) is 0 Å². The summed E-state index contributed by atoms with van der Waals surface area (Å²) in [7, 11) is 0. The van der Waals surface area contributed by atoms with Gasteiger partial charge in [0, 0.05) is 31.9 Å². The first-order valence-corrected chi connectivity index (χ1v) is 10.1. The monoisotopic (exact) mass is 380 g/mol. The topological polar surface area (TPSA) is 32.8 Å². The maximum absolute atomic E-state index is 12.9. The summed E-state index contributed by atoms with van der Waals surface area (Å²) in [4.78, 5) is 17.2. The van der Waals surface area contributed by atoms with E-state index in [0.29, 0.717) is 0 Å². The number of carbonyl (C=O) groups excluding carboxylic acids is 1. The zero-order chi connectivity index (χ0) is 20.4. The Hall–Kier alpha value is -2.49. The fourth-order valence-electron chi connectivity index (χ4n) is 3.87. The van der Waals surface area contributed by atoms with E-state index >= 15 is 0 Å². The van der Waals surface area contributed by atoms with Crippen LogP contribution in [0, 0.1) is 34.6 Å². The predicted octanol–water partition coefficient (Wildman–Crippen LogP) is 4.34. The van der Waals surface area contributed by atoms with E-state index in [-0.39, 0.29) is 5.91 Å². The molecule has 0 spiro atoms. The Morgan fingerprint density at radius 1 is 0.929 bits per heavy atom. The molecule has 0 aliphatic carbocycles. The molecule has 1 amide bonds. The third kappa shape index (κ3) is 4.16. The van der Waals surface area contributed by atoms with Gasteiger partial charge in [-0.15, -0.1) is 0 Å². The maximum Gasteiger partial charge on any atom is 0.263 e. The van der Waals surface area contributed by atoms with Crippen molar-refractivity contribution in [3.05, 3.63) is 58.1 Å². The van der Waals surface area contributed by atoms with Crippen LogP contribution >= 0.6 is 0 Å². The van der Waals surface area contributed by atoms with Crippen LogP contribution in [0.4, 0.5) is 5.69 Å². The van der Waals surface area contributed by atoms with Gasteiger partial charge in [0.05, 0.1) is 0 Å². The van der Waals surface area contributed by atoms with E-state index in [1.165, 1.54) is 22.4 Å². The lowest BCUT2D eigenvalue weighted by Gasteiger charge is -2.38. The third-order valence-corrected chi connectivity index (χ3v) is 5.92. The van der Waals surface area contributed by atoms with Crippen molar-refractivity contribution < 1.29 is 9.53 Å².